The van der Waals surface area contributed by atoms with Crippen molar-refractivity contribution in [1.29, 1.82) is 0 Å². The van der Waals surface area contributed by atoms with Gasteiger partial charge >= 0.3 is 5.97 Å². The van der Waals surface area contributed by atoms with Crippen molar-refractivity contribution in [2.45, 2.75) is 19.6 Å². The van der Waals surface area contributed by atoms with Crippen LogP contribution in [0.3, 0.4) is 0 Å². The van der Waals surface area contributed by atoms with Gasteiger partial charge in [-0.25, -0.2) is 9.48 Å². The lowest BCUT2D eigenvalue weighted by atomic mass is 10.2. The molecule has 0 aliphatic rings. The zero-order valence-corrected chi connectivity index (χ0v) is 11.2. The predicted molar refractivity (Wildman–Crippen MR) is 73.2 cm³/mol. The highest BCUT2D eigenvalue weighted by molar-refractivity contribution is 5.86. The van der Waals surface area contributed by atoms with Crippen molar-refractivity contribution >= 4 is 11.9 Å². The lowest BCUT2D eigenvalue weighted by Gasteiger charge is -2.07. The molecule has 0 bridgehead atoms. The smallest absolute Gasteiger partial charge is 0.358 e. The second kappa shape index (κ2) is 6.62. The van der Waals surface area contributed by atoms with Gasteiger partial charge in [-0.3, -0.25) is 4.79 Å². The van der Waals surface area contributed by atoms with Crippen LogP contribution in [0, 0.1) is 0 Å². The average Bonchev–Trinajstić information content (AvgIpc) is 2.89. The van der Waals surface area contributed by atoms with E-state index in [1.807, 2.05) is 30.3 Å². The molecule has 1 heterocycles. The molecule has 0 aliphatic heterocycles. The summed E-state index contributed by atoms with van der Waals surface area (Å²) in [6.45, 7) is 0.207. The SMILES string of the molecule is NCc1c(C(=O)O)nnn1CC(=O)NCc1ccccc1. The summed E-state index contributed by atoms with van der Waals surface area (Å²) in [6.07, 6.45) is 0. The number of carboxylic acids is 1. The fraction of sp³-hybridized carbons (Fsp3) is 0.231. The molecule has 0 radical (unpaired) electrons. The zero-order chi connectivity index (χ0) is 15.2. The normalized spacial score (nSPS) is 10.3. The van der Waals surface area contributed by atoms with E-state index >= 15 is 0 Å². The summed E-state index contributed by atoms with van der Waals surface area (Å²) < 4.78 is 1.20. The van der Waals surface area contributed by atoms with Gasteiger partial charge < -0.3 is 16.2 Å². The van der Waals surface area contributed by atoms with Crippen LogP contribution in [0.1, 0.15) is 21.7 Å². The molecule has 0 unspecified atom stereocenters. The molecule has 0 fully saturated rings. The van der Waals surface area contributed by atoms with Gasteiger partial charge in [-0.1, -0.05) is 35.5 Å². The Labute approximate surface area is 120 Å². The summed E-state index contributed by atoms with van der Waals surface area (Å²) >= 11 is 0. The monoisotopic (exact) mass is 289 g/mol. The summed E-state index contributed by atoms with van der Waals surface area (Å²) in [5.41, 5.74) is 6.44. The molecule has 0 atom stereocenters. The summed E-state index contributed by atoms with van der Waals surface area (Å²) in [5, 5.41) is 18.8. The summed E-state index contributed by atoms with van der Waals surface area (Å²) in [5.74, 6) is -1.51. The highest BCUT2D eigenvalue weighted by atomic mass is 16.4. The Morgan fingerprint density at radius 1 is 1.29 bits per heavy atom. The molecule has 21 heavy (non-hydrogen) atoms. The summed E-state index contributed by atoms with van der Waals surface area (Å²) in [7, 11) is 0. The van der Waals surface area contributed by atoms with Crippen LogP contribution < -0.4 is 11.1 Å². The van der Waals surface area contributed by atoms with E-state index < -0.39 is 5.97 Å². The van der Waals surface area contributed by atoms with Crippen LogP contribution in [0.2, 0.25) is 0 Å². The van der Waals surface area contributed by atoms with E-state index in [0.29, 0.717) is 6.54 Å². The zero-order valence-electron chi connectivity index (χ0n) is 11.2. The summed E-state index contributed by atoms with van der Waals surface area (Å²) in [4.78, 5) is 22.8. The van der Waals surface area contributed by atoms with Gasteiger partial charge in [0.15, 0.2) is 5.69 Å². The minimum absolute atomic E-state index is 0.0550. The van der Waals surface area contributed by atoms with Gasteiger partial charge in [0.2, 0.25) is 5.91 Å². The number of nitrogens with zero attached hydrogens (tertiary/aromatic N) is 3. The van der Waals surface area contributed by atoms with Gasteiger partial charge in [0.05, 0.1) is 5.69 Å². The van der Waals surface area contributed by atoms with Crippen molar-refractivity contribution in [2.75, 3.05) is 0 Å². The lowest BCUT2D eigenvalue weighted by Crippen LogP contribution is -2.28. The standard InChI is InChI=1S/C13H15N5O3/c14-6-10-12(13(20)21)16-17-18(10)8-11(19)15-7-9-4-2-1-3-5-9/h1-5H,6-8,14H2,(H,15,19)(H,20,21). The molecule has 1 amide bonds. The first-order valence-corrected chi connectivity index (χ1v) is 6.28. The number of nitrogens with two attached hydrogens (primary N) is 1. The fourth-order valence-corrected chi connectivity index (χ4v) is 1.82. The van der Waals surface area contributed by atoms with Crippen LogP contribution in [0.25, 0.3) is 0 Å². The van der Waals surface area contributed by atoms with Crippen molar-refractivity contribution in [1.82, 2.24) is 20.3 Å². The van der Waals surface area contributed by atoms with Crippen LogP contribution in [-0.2, 0) is 24.4 Å². The Balaban J connectivity index is 1.98. The van der Waals surface area contributed by atoms with Gasteiger partial charge in [-0.15, -0.1) is 5.10 Å². The van der Waals surface area contributed by atoms with Crippen LogP contribution in [0.4, 0.5) is 0 Å². The molecule has 8 nitrogen and oxygen atoms in total. The number of rotatable bonds is 6. The Morgan fingerprint density at radius 3 is 2.62 bits per heavy atom. The second-order valence-electron chi connectivity index (χ2n) is 4.31. The van der Waals surface area contributed by atoms with Gasteiger partial charge in [0, 0.05) is 13.1 Å². The third kappa shape index (κ3) is 3.63. The van der Waals surface area contributed by atoms with Crippen LogP contribution in [-0.4, -0.2) is 32.0 Å². The maximum Gasteiger partial charge on any atom is 0.358 e. The molecule has 0 saturated heterocycles. The number of carboxylic acid groups (broad SMARTS) is 1. The van der Waals surface area contributed by atoms with E-state index in [2.05, 4.69) is 15.6 Å². The quantitative estimate of drug-likeness (QED) is 0.674. The van der Waals surface area contributed by atoms with Crippen LogP contribution in [0.15, 0.2) is 30.3 Å². The maximum atomic E-state index is 11.8. The van der Waals surface area contributed by atoms with E-state index in [4.69, 9.17) is 10.8 Å². The van der Waals surface area contributed by atoms with Crippen molar-refractivity contribution in [2.24, 2.45) is 5.73 Å². The lowest BCUT2D eigenvalue weighted by molar-refractivity contribution is -0.122. The third-order valence-electron chi connectivity index (χ3n) is 2.86. The number of amides is 1. The number of aromatic nitrogens is 3. The number of nitrogens with one attached hydrogen (secondary N) is 1. The molecule has 0 aliphatic carbocycles. The second-order valence-corrected chi connectivity index (χ2v) is 4.31. The van der Waals surface area contributed by atoms with Gasteiger partial charge in [0.1, 0.15) is 6.54 Å². The number of benzene rings is 1. The molecule has 110 valence electrons. The van der Waals surface area contributed by atoms with E-state index in [1.54, 1.807) is 0 Å². The molecule has 2 rings (SSSR count). The molecule has 1 aromatic carbocycles. The van der Waals surface area contributed by atoms with Gasteiger partial charge in [0.25, 0.3) is 0 Å². The largest absolute Gasteiger partial charge is 0.476 e. The first-order chi connectivity index (χ1) is 10.1. The Bertz CT molecular complexity index is 639. The molecule has 4 N–H and O–H groups in total. The highest BCUT2D eigenvalue weighted by Gasteiger charge is 2.18. The Morgan fingerprint density at radius 2 is 2.00 bits per heavy atom. The molecule has 8 heteroatoms. The van der Waals surface area contributed by atoms with E-state index in [-0.39, 0.29) is 30.4 Å². The summed E-state index contributed by atoms with van der Waals surface area (Å²) in [6, 6.07) is 9.43. The number of carbonyl (C=O) groups is 2. The van der Waals surface area contributed by atoms with Crippen LogP contribution >= 0.6 is 0 Å². The van der Waals surface area contributed by atoms with Crippen molar-refractivity contribution < 1.29 is 14.7 Å². The van der Waals surface area contributed by atoms with Gasteiger partial charge in [-0.2, -0.15) is 0 Å². The average molecular weight is 289 g/mol. The minimum atomic E-state index is -1.22. The number of aromatic carboxylic acids is 1. The number of carbonyl (C=O) groups excluding carboxylic acids is 1. The Kier molecular flexibility index (Phi) is 4.62. The van der Waals surface area contributed by atoms with Gasteiger partial charge in [-0.05, 0) is 5.56 Å². The molecule has 0 saturated carbocycles. The maximum absolute atomic E-state index is 11.8. The highest BCUT2D eigenvalue weighted by Crippen LogP contribution is 2.04. The predicted octanol–water partition coefficient (Wildman–Crippen LogP) is -0.249. The first kappa shape index (κ1) is 14.7. The van der Waals surface area contributed by atoms with E-state index in [0.717, 1.165) is 5.56 Å². The topological polar surface area (TPSA) is 123 Å². The van der Waals surface area contributed by atoms with Crippen LogP contribution in [0.5, 0.6) is 0 Å². The molecular formula is C13H15N5O3. The Hall–Kier alpha value is -2.74. The molecule has 2 aromatic rings. The molecule has 0 spiro atoms. The molecule has 1 aromatic heterocycles. The van der Waals surface area contributed by atoms with E-state index in [1.165, 1.54) is 4.68 Å². The van der Waals surface area contributed by atoms with E-state index in [9.17, 15) is 9.59 Å². The van der Waals surface area contributed by atoms with Crippen molar-refractivity contribution in [3.05, 3.63) is 47.3 Å². The van der Waals surface area contributed by atoms with Crippen molar-refractivity contribution in [3.8, 4) is 0 Å². The van der Waals surface area contributed by atoms with Crippen molar-refractivity contribution in [3.63, 3.8) is 0 Å². The third-order valence-corrected chi connectivity index (χ3v) is 2.86. The fourth-order valence-electron chi connectivity index (χ4n) is 1.82. The number of hydrogen-bond donors (Lipinski definition) is 3. The molecular weight excluding hydrogens is 274 g/mol. The first-order valence-electron chi connectivity index (χ1n) is 6.28. The number of hydrogen-bond acceptors (Lipinski definition) is 5. The minimum Gasteiger partial charge on any atom is -0.476 e.